The van der Waals surface area contributed by atoms with Crippen LogP contribution in [0, 0.1) is 0 Å². The molecule has 28 heavy (non-hydrogen) atoms. The summed E-state index contributed by atoms with van der Waals surface area (Å²) in [7, 11) is 1.27. The number of halogens is 5. The molecule has 1 N–H and O–H groups in total. The maximum absolute atomic E-state index is 13.4. The summed E-state index contributed by atoms with van der Waals surface area (Å²) < 4.78 is 77.0. The van der Waals surface area contributed by atoms with Gasteiger partial charge in [-0.1, -0.05) is 19.1 Å². The van der Waals surface area contributed by atoms with Crippen LogP contribution in [-0.2, 0) is 23.9 Å². The average molecular weight is 419 g/mol. The Kier molecular flexibility index (Phi) is 7.17. The first-order valence-corrected chi connectivity index (χ1v) is 8.66. The SMILES string of the molecule is CCc1ccc(OCc2c(NC(=S)OC)cccc2C(F)(F)F)c(C(F)F)c1. The van der Waals surface area contributed by atoms with E-state index in [9.17, 15) is 22.0 Å². The zero-order valence-corrected chi connectivity index (χ0v) is 15.9. The Labute approximate surface area is 164 Å². The van der Waals surface area contributed by atoms with Gasteiger partial charge >= 0.3 is 6.18 Å². The van der Waals surface area contributed by atoms with Crippen molar-refractivity contribution in [3.8, 4) is 5.75 Å². The second kappa shape index (κ2) is 9.18. The zero-order chi connectivity index (χ0) is 20.9. The van der Waals surface area contributed by atoms with Gasteiger partial charge in [0.1, 0.15) is 12.4 Å². The molecule has 3 nitrogen and oxygen atoms in total. The van der Waals surface area contributed by atoms with Gasteiger partial charge in [0.15, 0.2) is 0 Å². The fourth-order valence-electron chi connectivity index (χ4n) is 2.56. The van der Waals surface area contributed by atoms with Gasteiger partial charge in [-0.05, 0) is 48.5 Å². The smallest absolute Gasteiger partial charge is 0.416 e. The van der Waals surface area contributed by atoms with Crippen LogP contribution in [0.5, 0.6) is 5.75 Å². The lowest BCUT2D eigenvalue weighted by Crippen LogP contribution is -2.17. The number of methoxy groups -OCH3 is 1. The van der Waals surface area contributed by atoms with Gasteiger partial charge in [0.25, 0.3) is 11.6 Å². The van der Waals surface area contributed by atoms with Crippen molar-refractivity contribution in [3.63, 3.8) is 0 Å². The Hall–Kier alpha value is -2.42. The van der Waals surface area contributed by atoms with E-state index < -0.39 is 24.8 Å². The average Bonchev–Trinajstić information content (AvgIpc) is 2.65. The molecule has 0 aliphatic carbocycles. The Morgan fingerprint density at radius 3 is 2.46 bits per heavy atom. The molecule has 152 valence electrons. The number of alkyl halides is 5. The summed E-state index contributed by atoms with van der Waals surface area (Å²) in [6, 6.07) is 7.67. The van der Waals surface area contributed by atoms with Crippen LogP contribution in [0.25, 0.3) is 0 Å². The topological polar surface area (TPSA) is 30.5 Å². The number of rotatable bonds is 6. The van der Waals surface area contributed by atoms with Crippen LogP contribution in [0.2, 0.25) is 0 Å². The fraction of sp³-hybridized carbons (Fsp3) is 0.316. The van der Waals surface area contributed by atoms with E-state index in [1.807, 2.05) is 0 Å². The van der Waals surface area contributed by atoms with E-state index in [4.69, 9.17) is 21.7 Å². The van der Waals surface area contributed by atoms with Crippen molar-refractivity contribution < 1.29 is 31.4 Å². The van der Waals surface area contributed by atoms with Crippen molar-refractivity contribution in [3.05, 3.63) is 58.7 Å². The zero-order valence-electron chi connectivity index (χ0n) is 15.1. The summed E-state index contributed by atoms with van der Waals surface area (Å²) in [4.78, 5) is 0. The van der Waals surface area contributed by atoms with Crippen LogP contribution in [0.15, 0.2) is 36.4 Å². The fourth-order valence-corrected chi connectivity index (χ4v) is 2.67. The number of nitrogens with one attached hydrogen (secondary N) is 1. The molecule has 0 spiro atoms. The second-order valence-corrected chi connectivity index (χ2v) is 6.13. The quantitative estimate of drug-likeness (QED) is 0.451. The number of anilines is 1. The predicted molar refractivity (Wildman–Crippen MR) is 99.8 cm³/mol. The third kappa shape index (κ3) is 5.31. The van der Waals surface area contributed by atoms with Crippen molar-refractivity contribution in [1.82, 2.24) is 0 Å². The first-order valence-electron chi connectivity index (χ1n) is 8.25. The molecular weight excluding hydrogens is 401 g/mol. The first-order chi connectivity index (χ1) is 13.2. The third-order valence-electron chi connectivity index (χ3n) is 3.99. The van der Waals surface area contributed by atoms with E-state index in [1.54, 1.807) is 13.0 Å². The monoisotopic (exact) mass is 419 g/mol. The van der Waals surface area contributed by atoms with Crippen LogP contribution >= 0.6 is 12.2 Å². The van der Waals surface area contributed by atoms with Crippen molar-refractivity contribution in [2.45, 2.75) is 32.6 Å². The van der Waals surface area contributed by atoms with E-state index >= 15 is 0 Å². The van der Waals surface area contributed by atoms with E-state index in [0.29, 0.717) is 12.0 Å². The summed E-state index contributed by atoms with van der Waals surface area (Å²) >= 11 is 4.84. The molecule has 0 saturated carbocycles. The molecule has 0 unspecified atom stereocenters. The minimum atomic E-state index is -4.66. The van der Waals surface area contributed by atoms with E-state index in [-0.39, 0.29) is 27.7 Å². The van der Waals surface area contributed by atoms with Crippen LogP contribution < -0.4 is 10.1 Å². The van der Waals surface area contributed by atoms with Crippen LogP contribution in [0.3, 0.4) is 0 Å². The molecule has 2 rings (SSSR count). The van der Waals surface area contributed by atoms with Gasteiger partial charge in [-0.15, -0.1) is 0 Å². The minimum Gasteiger partial charge on any atom is -0.488 e. The van der Waals surface area contributed by atoms with Gasteiger partial charge in [0.05, 0.1) is 18.2 Å². The number of benzene rings is 2. The van der Waals surface area contributed by atoms with Crippen molar-refractivity contribution in [2.75, 3.05) is 12.4 Å². The number of ether oxygens (including phenoxy) is 2. The molecule has 0 heterocycles. The lowest BCUT2D eigenvalue weighted by Gasteiger charge is -2.19. The van der Waals surface area contributed by atoms with E-state index in [2.05, 4.69) is 5.32 Å². The highest BCUT2D eigenvalue weighted by molar-refractivity contribution is 7.80. The Balaban J connectivity index is 2.41. The normalized spacial score (nSPS) is 11.4. The summed E-state index contributed by atoms with van der Waals surface area (Å²) in [5, 5.41) is 2.41. The number of hydrogen-bond acceptors (Lipinski definition) is 3. The maximum Gasteiger partial charge on any atom is 0.416 e. The molecule has 0 saturated heterocycles. The first kappa shape index (κ1) is 21.9. The molecule has 0 aromatic heterocycles. The van der Waals surface area contributed by atoms with Gasteiger partial charge in [-0.3, -0.25) is 0 Å². The Bertz CT molecular complexity index is 840. The highest BCUT2D eigenvalue weighted by atomic mass is 32.1. The predicted octanol–water partition coefficient (Wildman–Crippen LogP) is 6.13. The molecule has 2 aromatic rings. The largest absolute Gasteiger partial charge is 0.488 e. The molecule has 0 radical (unpaired) electrons. The van der Waals surface area contributed by atoms with Gasteiger partial charge in [-0.25, -0.2) is 8.78 Å². The molecule has 0 bridgehead atoms. The Morgan fingerprint density at radius 2 is 1.89 bits per heavy atom. The molecule has 9 heteroatoms. The lowest BCUT2D eigenvalue weighted by atomic mass is 10.0. The minimum absolute atomic E-state index is 0.0189. The second-order valence-electron chi connectivity index (χ2n) is 5.76. The summed E-state index contributed by atoms with van der Waals surface area (Å²) in [5.41, 5.74) is -0.906. The molecule has 0 aliphatic heterocycles. The van der Waals surface area contributed by atoms with Gasteiger partial charge in [0.2, 0.25) is 0 Å². The van der Waals surface area contributed by atoms with E-state index in [1.165, 1.54) is 31.4 Å². The molecule has 0 aliphatic rings. The molecule has 0 fully saturated rings. The summed E-state index contributed by atoms with van der Waals surface area (Å²) in [6.07, 6.45) is -6.94. The molecule has 2 aromatic carbocycles. The van der Waals surface area contributed by atoms with Crippen molar-refractivity contribution >= 4 is 23.1 Å². The molecular formula is C19H18F5NO2S. The standard InChI is InChI=1S/C19H18F5NO2S/c1-3-11-7-8-16(12(9-11)17(20)21)27-10-13-14(19(22,23)24)5-4-6-15(13)25-18(28)26-2/h4-9,17H,3,10H2,1-2H3,(H,25,28). The maximum atomic E-state index is 13.4. The highest BCUT2D eigenvalue weighted by Crippen LogP contribution is 2.37. The third-order valence-corrected chi connectivity index (χ3v) is 4.26. The Morgan fingerprint density at radius 1 is 1.18 bits per heavy atom. The van der Waals surface area contributed by atoms with Gasteiger partial charge in [0, 0.05) is 11.3 Å². The number of thiocarbonyl (C=S) groups is 1. The van der Waals surface area contributed by atoms with Gasteiger partial charge in [-0.2, -0.15) is 13.2 Å². The van der Waals surface area contributed by atoms with Crippen LogP contribution in [0.4, 0.5) is 27.6 Å². The summed E-state index contributed by atoms with van der Waals surface area (Å²) in [5.74, 6) is -0.176. The van der Waals surface area contributed by atoms with Gasteiger partial charge < -0.3 is 14.8 Å². The van der Waals surface area contributed by atoms with Crippen molar-refractivity contribution in [1.29, 1.82) is 0 Å². The van der Waals surface area contributed by atoms with Crippen molar-refractivity contribution in [2.24, 2.45) is 0 Å². The molecule has 0 atom stereocenters. The van der Waals surface area contributed by atoms with Crippen LogP contribution in [0.1, 0.15) is 35.6 Å². The van der Waals surface area contributed by atoms with E-state index in [0.717, 1.165) is 6.07 Å². The lowest BCUT2D eigenvalue weighted by molar-refractivity contribution is -0.138. The summed E-state index contributed by atoms with van der Waals surface area (Å²) in [6.45, 7) is 1.22. The molecule has 0 amide bonds. The number of aryl methyl sites for hydroxylation is 1. The van der Waals surface area contributed by atoms with Crippen LogP contribution in [-0.4, -0.2) is 12.3 Å². The highest BCUT2D eigenvalue weighted by Gasteiger charge is 2.34. The number of hydrogen-bond donors (Lipinski definition) is 1.